The van der Waals surface area contributed by atoms with Crippen molar-refractivity contribution in [3.63, 3.8) is 0 Å². The number of hydrogen-bond donors (Lipinski definition) is 1. The van der Waals surface area contributed by atoms with Crippen molar-refractivity contribution in [2.45, 2.75) is 43.4 Å². The highest BCUT2D eigenvalue weighted by Gasteiger charge is 2.58. The van der Waals surface area contributed by atoms with E-state index in [4.69, 9.17) is 9.47 Å². The number of carboxylic acids is 1. The van der Waals surface area contributed by atoms with Crippen molar-refractivity contribution in [1.82, 2.24) is 0 Å². The average Bonchev–Trinajstić information content (AvgIpc) is 2.93. The van der Waals surface area contributed by atoms with E-state index < -0.39 is 22.8 Å². The zero-order valence-electron chi connectivity index (χ0n) is 21.4. The molecule has 3 aliphatic carbocycles. The van der Waals surface area contributed by atoms with Crippen LogP contribution in [0.1, 0.15) is 66.0 Å². The van der Waals surface area contributed by atoms with Crippen molar-refractivity contribution in [3.05, 3.63) is 118 Å². The predicted molar refractivity (Wildman–Crippen MR) is 142 cm³/mol. The molecule has 38 heavy (non-hydrogen) atoms. The number of ether oxygens (including phenoxy) is 2. The molecule has 1 N–H and O–H groups in total. The number of carbonyl (C=O) groups excluding carboxylic acids is 2. The number of carbonyl (C=O) groups is 3. The van der Waals surface area contributed by atoms with Gasteiger partial charge < -0.3 is 14.6 Å². The minimum atomic E-state index is -0.828. The summed E-state index contributed by atoms with van der Waals surface area (Å²) in [7, 11) is 0. The Morgan fingerprint density at radius 1 is 0.684 bits per heavy atom. The lowest BCUT2D eigenvalue weighted by atomic mass is 9.45. The van der Waals surface area contributed by atoms with Crippen molar-refractivity contribution < 1.29 is 29.0 Å². The largest absolute Gasteiger partial charge is 0.481 e. The van der Waals surface area contributed by atoms with Crippen LogP contribution in [0.25, 0.3) is 0 Å². The summed E-state index contributed by atoms with van der Waals surface area (Å²) in [5, 5.41) is 9.67. The van der Waals surface area contributed by atoms with Crippen LogP contribution in [0.3, 0.4) is 0 Å². The molecule has 194 valence electrons. The lowest BCUT2D eigenvalue weighted by molar-refractivity contribution is -0.150. The second-order valence-electron chi connectivity index (χ2n) is 9.98. The number of esters is 2. The number of aliphatic carboxylic acids is 1. The zero-order valence-corrected chi connectivity index (χ0v) is 21.4. The van der Waals surface area contributed by atoms with Crippen LogP contribution in [0, 0.1) is 0 Å². The summed E-state index contributed by atoms with van der Waals surface area (Å²) in [4.78, 5) is 36.2. The van der Waals surface area contributed by atoms with Gasteiger partial charge in [0.1, 0.15) is 13.2 Å². The molecule has 3 aromatic carbocycles. The maximum Gasteiger partial charge on any atom is 0.333 e. The van der Waals surface area contributed by atoms with E-state index in [0.717, 1.165) is 33.4 Å². The van der Waals surface area contributed by atoms with Crippen molar-refractivity contribution in [2.24, 2.45) is 0 Å². The second kappa shape index (κ2) is 9.93. The highest BCUT2D eigenvalue weighted by Crippen LogP contribution is 2.64. The van der Waals surface area contributed by atoms with Gasteiger partial charge in [0, 0.05) is 29.2 Å². The molecule has 0 saturated heterocycles. The zero-order chi connectivity index (χ0) is 26.9. The van der Waals surface area contributed by atoms with Gasteiger partial charge in [0.05, 0.1) is 0 Å². The fourth-order valence-electron chi connectivity index (χ4n) is 6.43. The second-order valence-corrected chi connectivity index (χ2v) is 9.98. The molecular weight excluding hydrogens is 480 g/mol. The molecule has 0 saturated carbocycles. The van der Waals surface area contributed by atoms with E-state index in [1.165, 1.54) is 0 Å². The van der Waals surface area contributed by atoms with Gasteiger partial charge in [-0.2, -0.15) is 0 Å². The molecule has 0 fully saturated rings. The number of benzene rings is 3. The monoisotopic (exact) mass is 510 g/mol. The first-order valence-electron chi connectivity index (χ1n) is 12.8. The van der Waals surface area contributed by atoms with Crippen LogP contribution in [-0.2, 0) is 34.7 Å². The third kappa shape index (κ3) is 3.92. The van der Waals surface area contributed by atoms with Gasteiger partial charge in [0.25, 0.3) is 0 Å². The molecule has 2 bridgehead atoms. The minimum Gasteiger partial charge on any atom is -0.481 e. The van der Waals surface area contributed by atoms with Gasteiger partial charge in [0.15, 0.2) is 0 Å². The smallest absolute Gasteiger partial charge is 0.333 e. The van der Waals surface area contributed by atoms with Gasteiger partial charge in [-0.05, 0) is 53.1 Å². The molecule has 6 nitrogen and oxygen atoms in total. The first kappa shape index (κ1) is 25.5. The Labute approximate surface area is 221 Å². The molecule has 0 heterocycles. The summed E-state index contributed by atoms with van der Waals surface area (Å²) in [6.45, 7) is 5.06. The van der Waals surface area contributed by atoms with E-state index in [1.807, 2.05) is 36.4 Å². The molecule has 0 aromatic heterocycles. The molecular formula is C32H30O6. The van der Waals surface area contributed by atoms with E-state index in [9.17, 15) is 19.5 Å². The molecule has 3 aliphatic rings. The van der Waals surface area contributed by atoms with E-state index in [-0.39, 0.29) is 32.0 Å². The molecule has 0 aliphatic heterocycles. The van der Waals surface area contributed by atoms with Gasteiger partial charge in [-0.25, -0.2) is 4.79 Å². The fourth-order valence-corrected chi connectivity index (χ4v) is 6.43. The highest BCUT2D eigenvalue weighted by atomic mass is 16.6. The van der Waals surface area contributed by atoms with Crippen LogP contribution in [0.15, 0.2) is 84.9 Å². The van der Waals surface area contributed by atoms with Crippen LogP contribution in [-0.4, -0.2) is 36.2 Å². The molecule has 3 aromatic rings. The summed E-state index contributed by atoms with van der Waals surface area (Å²) >= 11 is 0. The maximum absolute atomic E-state index is 12.9. The van der Waals surface area contributed by atoms with Crippen LogP contribution in [0.5, 0.6) is 0 Å². The quantitative estimate of drug-likeness (QED) is 0.226. The Balaban J connectivity index is 1.53. The fraction of sp³-hybridized carbons (Fsp3) is 0.281. The van der Waals surface area contributed by atoms with Crippen LogP contribution in [0.2, 0.25) is 0 Å². The Bertz CT molecular complexity index is 1320. The molecule has 0 unspecified atom stereocenters. The predicted octanol–water partition coefficient (Wildman–Crippen LogP) is 5.29. The normalized spacial score (nSPS) is 20.0. The Kier molecular flexibility index (Phi) is 6.66. The van der Waals surface area contributed by atoms with Crippen molar-refractivity contribution >= 4 is 17.9 Å². The first-order valence-corrected chi connectivity index (χ1v) is 12.8. The van der Waals surface area contributed by atoms with Gasteiger partial charge in [-0.1, -0.05) is 79.4 Å². The summed E-state index contributed by atoms with van der Waals surface area (Å²) < 4.78 is 10.4. The molecule has 0 atom stereocenters. The van der Waals surface area contributed by atoms with Crippen molar-refractivity contribution in [3.8, 4) is 0 Å². The number of rotatable bonds is 10. The minimum absolute atomic E-state index is 0.0209. The first-order chi connectivity index (χ1) is 18.3. The Hall–Kier alpha value is -4.19. The van der Waals surface area contributed by atoms with E-state index >= 15 is 0 Å². The van der Waals surface area contributed by atoms with E-state index in [0.29, 0.717) is 18.4 Å². The van der Waals surface area contributed by atoms with Gasteiger partial charge in [-0.15, -0.1) is 0 Å². The summed E-state index contributed by atoms with van der Waals surface area (Å²) in [5.41, 5.74) is 5.72. The third-order valence-corrected chi connectivity index (χ3v) is 7.89. The Morgan fingerprint density at radius 3 is 1.42 bits per heavy atom. The molecule has 0 spiro atoms. The SMILES string of the molecule is C=C(C)C(=O)OCCOC(=O)CCC12c3ccccc3C(CCC(=O)O)(c3ccccc31)c1ccccc12. The topological polar surface area (TPSA) is 89.9 Å². The van der Waals surface area contributed by atoms with E-state index in [2.05, 4.69) is 43.0 Å². The van der Waals surface area contributed by atoms with E-state index in [1.54, 1.807) is 6.92 Å². The number of carboxylic acid groups (broad SMARTS) is 1. The van der Waals surface area contributed by atoms with Crippen LogP contribution in [0.4, 0.5) is 0 Å². The lowest BCUT2D eigenvalue weighted by Crippen LogP contribution is -2.51. The molecule has 0 radical (unpaired) electrons. The van der Waals surface area contributed by atoms with Gasteiger partial charge in [0.2, 0.25) is 0 Å². The highest BCUT2D eigenvalue weighted by molar-refractivity contribution is 5.87. The molecule has 6 heteroatoms. The average molecular weight is 511 g/mol. The molecule has 0 amide bonds. The van der Waals surface area contributed by atoms with Gasteiger partial charge in [-0.3, -0.25) is 9.59 Å². The summed E-state index contributed by atoms with van der Waals surface area (Å²) in [6, 6.07) is 24.7. The maximum atomic E-state index is 12.9. The van der Waals surface area contributed by atoms with Crippen molar-refractivity contribution in [2.75, 3.05) is 13.2 Å². The Morgan fingerprint density at radius 2 is 1.05 bits per heavy atom. The third-order valence-electron chi connectivity index (χ3n) is 7.89. The standard InChI is InChI=1S/C32H30O6/c1-21(2)30(36)38-20-19-37-29(35)16-18-32-25-12-6-3-9-22(25)31(17-15-28(33)34,23-10-4-7-13-26(23)32)24-11-5-8-14-27(24)32/h3-14H,1,15-20H2,2H3,(H,33,34). The lowest BCUT2D eigenvalue weighted by Gasteiger charge is -2.57. The summed E-state index contributed by atoms with van der Waals surface area (Å²) in [5.74, 6) is -1.71. The number of hydrogen-bond acceptors (Lipinski definition) is 5. The van der Waals surface area contributed by atoms with Crippen LogP contribution < -0.4 is 0 Å². The molecule has 6 rings (SSSR count). The van der Waals surface area contributed by atoms with Crippen LogP contribution >= 0.6 is 0 Å². The van der Waals surface area contributed by atoms with Gasteiger partial charge >= 0.3 is 17.9 Å². The van der Waals surface area contributed by atoms with Crippen molar-refractivity contribution in [1.29, 1.82) is 0 Å². The summed E-state index contributed by atoms with van der Waals surface area (Å²) in [6.07, 6.45) is 1.12.